The van der Waals surface area contributed by atoms with E-state index in [2.05, 4.69) is 17.1 Å². The summed E-state index contributed by atoms with van der Waals surface area (Å²) in [6.45, 7) is 4.17. The van der Waals surface area contributed by atoms with Crippen LogP contribution in [0.25, 0.3) is 0 Å². The minimum atomic E-state index is -0.159. The fourth-order valence-electron chi connectivity index (χ4n) is 2.12. The van der Waals surface area contributed by atoms with Crippen LogP contribution in [0.1, 0.15) is 63.2 Å². The SMILES string of the molecule is CC1CCC(c2noc(C(C)N)n2)CC1. The number of nitrogens with two attached hydrogens (primary N) is 1. The molecule has 0 amide bonds. The second-order valence-corrected chi connectivity index (χ2v) is 4.74. The number of aromatic nitrogens is 2. The third-order valence-corrected chi connectivity index (χ3v) is 3.23. The van der Waals surface area contributed by atoms with E-state index in [1.54, 1.807) is 0 Å². The smallest absolute Gasteiger partial charge is 0.243 e. The van der Waals surface area contributed by atoms with Crippen molar-refractivity contribution < 1.29 is 4.52 Å². The molecule has 1 fully saturated rings. The molecule has 15 heavy (non-hydrogen) atoms. The summed E-state index contributed by atoms with van der Waals surface area (Å²) in [7, 11) is 0. The summed E-state index contributed by atoms with van der Waals surface area (Å²) >= 11 is 0. The van der Waals surface area contributed by atoms with E-state index in [0.717, 1.165) is 11.7 Å². The van der Waals surface area contributed by atoms with Crippen LogP contribution in [0.5, 0.6) is 0 Å². The second-order valence-electron chi connectivity index (χ2n) is 4.74. The summed E-state index contributed by atoms with van der Waals surface area (Å²) in [4.78, 5) is 4.36. The average Bonchev–Trinajstić information content (AvgIpc) is 2.68. The van der Waals surface area contributed by atoms with Crippen LogP contribution >= 0.6 is 0 Å². The Morgan fingerprint density at radius 2 is 2.00 bits per heavy atom. The van der Waals surface area contributed by atoms with Crippen LogP contribution in [-0.2, 0) is 0 Å². The molecule has 84 valence electrons. The highest BCUT2D eigenvalue weighted by molar-refractivity contribution is 4.98. The molecular weight excluding hydrogens is 190 g/mol. The Morgan fingerprint density at radius 3 is 2.53 bits per heavy atom. The Morgan fingerprint density at radius 1 is 1.33 bits per heavy atom. The molecule has 1 aliphatic carbocycles. The predicted molar refractivity (Wildman–Crippen MR) is 57.3 cm³/mol. The van der Waals surface area contributed by atoms with E-state index >= 15 is 0 Å². The minimum Gasteiger partial charge on any atom is -0.338 e. The number of rotatable bonds is 2. The lowest BCUT2D eigenvalue weighted by Crippen LogP contribution is -2.12. The van der Waals surface area contributed by atoms with E-state index in [1.165, 1.54) is 25.7 Å². The van der Waals surface area contributed by atoms with Crippen LogP contribution in [0.3, 0.4) is 0 Å². The van der Waals surface area contributed by atoms with Crippen LogP contribution in [0.4, 0.5) is 0 Å². The zero-order valence-electron chi connectivity index (χ0n) is 9.44. The van der Waals surface area contributed by atoms with Gasteiger partial charge in [0.05, 0.1) is 6.04 Å². The van der Waals surface area contributed by atoms with Gasteiger partial charge in [0, 0.05) is 5.92 Å². The molecule has 0 bridgehead atoms. The molecule has 1 unspecified atom stereocenters. The van der Waals surface area contributed by atoms with Crippen molar-refractivity contribution in [3.63, 3.8) is 0 Å². The van der Waals surface area contributed by atoms with Crippen LogP contribution in [-0.4, -0.2) is 10.1 Å². The molecule has 1 heterocycles. The normalized spacial score (nSPS) is 29.0. The molecule has 1 saturated carbocycles. The van der Waals surface area contributed by atoms with Gasteiger partial charge < -0.3 is 10.3 Å². The first kappa shape index (κ1) is 10.6. The molecule has 0 radical (unpaired) electrons. The van der Waals surface area contributed by atoms with Gasteiger partial charge in [0.25, 0.3) is 0 Å². The van der Waals surface area contributed by atoms with Gasteiger partial charge in [0.2, 0.25) is 5.89 Å². The summed E-state index contributed by atoms with van der Waals surface area (Å²) in [5, 5.41) is 4.02. The summed E-state index contributed by atoms with van der Waals surface area (Å²) < 4.78 is 5.12. The molecule has 0 spiro atoms. The Bertz CT molecular complexity index is 313. The topological polar surface area (TPSA) is 64.9 Å². The van der Waals surface area contributed by atoms with Crippen LogP contribution in [0.15, 0.2) is 4.52 Å². The Hall–Kier alpha value is -0.900. The fourth-order valence-corrected chi connectivity index (χ4v) is 2.12. The average molecular weight is 209 g/mol. The molecule has 1 aromatic heterocycles. The molecule has 0 aliphatic heterocycles. The number of nitrogens with zero attached hydrogens (tertiary/aromatic N) is 2. The van der Waals surface area contributed by atoms with Gasteiger partial charge in [0.15, 0.2) is 5.82 Å². The first-order valence-corrected chi connectivity index (χ1v) is 5.76. The minimum absolute atomic E-state index is 0.159. The van der Waals surface area contributed by atoms with Crippen molar-refractivity contribution in [2.75, 3.05) is 0 Å². The standard InChI is InChI=1S/C11H19N3O/c1-7-3-5-9(6-4-7)10-13-11(8(2)12)15-14-10/h7-9H,3-6,12H2,1-2H3. The van der Waals surface area contributed by atoms with Gasteiger partial charge in [-0.05, 0) is 25.7 Å². The molecule has 1 atom stereocenters. The van der Waals surface area contributed by atoms with Gasteiger partial charge in [-0.1, -0.05) is 24.9 Å². The highest BCUT2D eigenvalue weighted by atomic mass is 16.5. The van der Waals surface area contributed by atoms with Crippen LogP contribution in [0.2, 0.25) is 0 Å². The van der Waals surface area contributed by atoms with Gasteiger partial charge in [-0.25, -0.2) is 0 Å². The Labute approximate surface area is 90.2 Å². The molecule has 2 N–H and O–H groups in total. The maximum absolute atomic E-state index is 5.68. The lowest BCUT2D eigenvalue weighted by Gasteiger charge is -2.23. The first-order chi connectivity index (χ1) is 7.16. The third-order valence-electron chi connectivity index (χ3n) is 3.23. The van der Waals surface area contributed by atoms with Gasteiger partial charge in [-0.15, -0.1) is 0 Å². The van der Waals surface area contributed by atoms with E-state index in [4.69, 9.17) is 10.3 Å². The highest BCUT2D eigenvalue weighted by Crippen LogP contribution is 2.34. The lowest BCUT2D eigenvalue weighted by atomic mass is 9.83. The van der Waals surface area contributed by atoms with Crippen molar-refractivity contribution in [2.45, 2.75) is 51.5 Å². The molecule has 0 aromatic carbocycles. The fraction of sp³-hybridized carbons (Fsp3) is 0.818. The molecule has 0 saturated heterocycles. The Balaban J connectivity index is 2.03. The zero-order chi connectivity index (χ0) is 10.8. The van der Waals surface area contributed by atoms with Crippen LogP contribution < -0.4 is 5.73 Å². The zero-order valence-corrected chi connectivity index (χ0v) is 9.44. The monoisotopic (exact) mass is 209 g/mol. The number of hydrogen-bond donors (Lipinski definition) is 1. The van der Waals surface area contributed by atoms with Crippen LogP contribution in [0, 0.1) is 5.92 Å². The third kappa shape index (κ3) is 2.37. The maximum atomic E-state index is 5.68. The molecule has 4 nitrogen and oxygen atoms in total. The summed E-state index contributed by atoms with van der Waals surface area (Å²) in [6.07, 6.45) is 4.90. The van der Waals surface area contributed by atoms with Gasteiger partial charge in [0.1, 0.15) is 0 Å². The van der Waals surface area contributed by atoms with Crippen molar-refractivity contribution in [1.82, 2.24) is 10.1 Å². The Kier molecular flexibility index (Phi) is 3.05. The van der Waals surface area contributed by atoms with Gasteiger partial charge in [-0.2, -0.15) is 4.98 Å². The quantitative estimate of drug-likeness (QED) is 0.812. The maximum Gasteiger partial charge on any atom is 0.243 e. The molecule has 1 aromatic rings. The summed E-state index contributed by atoms with van der Waals surface area (Å²) in [5.41, 5.74) is 5.68. The number of hydrogen-bond acceptors (Lipinski definition) is 4. The van der Waals surface area contributed by atoms with Crippen molar-refractivity contribution in [2.24, 2.45) is 11.7 Å². The lowest BCUT2D eigenvalue weighted by molar-refractivity contribution is 0.321. The van der Waals surface area contributed by atoms with E-state index in [1.807, 2.05) is 6.92 Å². The van der Waals surface area contributed by atoms with Crippen molar-refractivity contribution in [3.8, 4) is 0 Å². The molecular formula is C11H19N3O. The van der Waals surface area contributed by atoms with E-state index in [-0.39, 0.29) is 6.04 Å². The van der Waals surface area contributed by atoms with E-state index < -0.39 is 0 Å². The van der Waals surface area contributed by atoms with Gasteiger partial charge >= 0.3 is 0 Å². The predicted octanol–water partition coefficient (Wildman–Crippen LogP) is 2.38. The van der Waals surface area contributed by atoms with Crippen molar-refractivity contribution in [1.29, 1.82) is 0 Å². The summed E-state index contributed by atoms with van der Waals surface area (Å²) in [5.74, 6) is 2.75. The summed E-state index contributed by atoms with van der Waals surface area (Å²) in [6, 6.07) is -0.159. The molecule has 2 rings (SSSR count). The molecule has 1 aliphatic rings. The van der Waals surface area contributed by atoms with Gasteiger partial charge in [-0.3, -0.25) is 0 Å². The first-order valence-electron chi connectivity index (χ1n) is 5.76. The highest BCUT2D eigenvalue weighted by Gasteiger charge is 2.24. The largest absolute Gasteiger partial charge is 0.338 e. The van der Waals surface area contributed by atoms with E-state index in [9.17, 15) is 0 Å². The van der Waals surface area contributed by atoms with Crippen molar-refractivity contribution in [3.05, 3.63) is 11.7 Å². The van der Waals surface area contributed by atoms with Crippen molar-refractivity contribution >= 4 is 0 Å². The second kappa shape index (κ2) is 4.31. The van der Waals surface area contributed by atoms with E-state index in [0.29, 0.717) is 11.8 Å². The molecule has 4 heteroatoms.